The molecule has 0 bridgehead atoms. The first-order chi connectivity index (χ1) is 10.5. The van der Waals surface area contributed by atoms with E-state index in [4.69, 9.17) is 0 Å². The molecule has 2 rings (SSSR count). The molecule has 23 heavy (non-hydrogen) atoms. The Morgan fingerprint density at radius 1 is 0.609 bits per heavy atom. The Kier molecular flexibility index (Phi) is 4.57. The molecule has 2 aliphatic carbocycles. The van der Waals surface area contributed by atoms with Crippen molar-refractivity contribution in [3.8, 4) is 0 Å². The third-order valence-corrected chi connectivity index (χ3v) is 4.53. The lowest BCUT2D eigenvalue weighted by molar-refractivity contribution is -0.312. The zero-order chi connectivity index (χ0) is 17.5. The van der Waals surface area contributed by atoms with Crippen LogP contribution in [0.1, 0.15) is 39.5 Å². The fourth-order valence-corrected chi connectivity index (χ4v) is 3.20. The van der Waals surface area contributed by atoms with Gasteiger partial charge in [0.05, 0.1) is 0 Å². The van der Waals surface area contributed by atoms with Gasteiger partial charge in [-0.15, -0.1) is 0 Å². The molecule has 0 aliphatic heterocycles. The van der Waals surface area contributed by atoms with Crippen molar-refractivity contribution in [2.45, 2.75) is 51.9 Å². The van der Waals surface area contributed by atoms with Crippen LogP contribution in [0, 0.1) is 5.41 Å². The number of halogens is 6. The predicted molar refractivity (Wildman–Crippen MR) is 76.7 cm³/mol. The molecule has 0 N–H and O–H groups in total. The first-order valence-electron chi connectivity index (χ1n) is 7.37. The van der Waals surface area contributed by atoms with E-state index in [0.29, 0.717) is 0 Å². The molecule has 0 heterocycles. The number of alkyl halides is 6. The second-order valence-electron chi connectivity index (χ2n) is 6.16. The van der Waals surface area contributed by atoms with Gasteiger partial charge in [-0.05, 0) is 50.7 Å². The molecular weight excluding hydrogens is 318 g/mol. The maximum absolute atomic E-state index is 13.8. The van der Waals surface area contributed by atoms with Gasteiger partial charge < -0.3 is 0 Å². The molecule has 0 unspecified atom stereocenters. The average Bonchev–Trinajstić information content (AvgIpc) is 2.40. The van der Waals surface area contributed by atoms with Crippen molar-refractivity contribution in [2.75, 3.05) is 0 Å². The van der Waals surface area contributed by atoms with Gasteiger partial charge in [0.1, 0.15) is 0 Å². The van der Waals surface area contributed by atoms with Crippen molar-refractivity contribution < 1.29 is 26.3 Å². The fraction of sp³-hybridized carbons (Fsp3) is 0.529. The molecule has 0 radical (unpaired) electrons. The minimum atomic E-state index is -5.43. The van der Waals surface area contributed by atoms with E-state index >= 15 is 0 Å². The molecular formula is C17H18F6. The third-order valence-electron chi connectivity index (χ3n) is 4.53. The van der Waals surface area contributed by atoms with Crippen LogP contribution in [0.25, 0.3) is 0 Å². The number of hydrogen-bond donors (Lipinski definition) is 0. The van der Waals surface area contributed by atoms with Gasteiger partial charge in [0.2, 0.25) is 5.41 Å². The minimum absolute atomic E-state index is 0.210. The van der Waals surface area contributed by atoms with E-state index in [1.807, 2.05) is 0 Å². The Labute approximate surface area is 131 Å². The standard InChI is InChI=1S/C17H18F6/c1-11-3-7-13(8-4-11)15(16(18,19)20,17(21,22)23)14-9-5-12(2)6-10-14/h3,5,7,9H,4,6,8,10H2,1-2H3. The summed E-state index contributed by atoms with van der Waals surface area (Å²) in [4.78, 5) is 0. The lowest BCUT2D eigenvalue weighted by atomic mass is 9.66. The zero-order valence-corrected chi connectivity index (χ0v) is 12.9. The van der Waals surface area contributed by atoms with Crippen LogP contribution in [0.15, 0.2) is 46.6 Å². The molecule has 0 atom stereocenters. The van der Waals surface area contributed by atoms with E-state index in [1.165, 1.54) is 12.2 Å². The van der Waals surface area contributed by atoms with Gasteiger partial charge in [-0.2, -0.15) is 26.3 Å². The number of rotatable bonds is 2. The van der Waals surface area contributed by atoms with Gasteiger partial charge in [0.25, 0.3) is 0 Å². The molecule has 0 fully saturated rings. The molecule has 6 heteroatoms. The first kappa shape index (κ1) is 17.9. The summed E-state index contributed by atoms with van der Waals surface area (Å²) in [6.07, 6.45) is -6.18. The monoisotopic (exact) mass is 336 g/mol. The van der Waals surface area contributed by atoms with Gasteiger partial charge in [0.15, 0.2) is 0 Å². The molecule has 0 aromatic rings. The quantitative estimate of drug-likeness (QED) is 0.510. The van der Waals surface area contributed by atoms with Crippen molar-refractivity contribution >= 4 is 0 Å². The van der Waals surface area contributed by atoms with Crippen LogP contribution in [0.2, 0.25) is 0 Å². The lowest BCUT2D eigenvalue weighted by Gasteiger charge is -2.42. The molecule has 0 saturated heterocycles. The first-order valence-corrected chi connectivity index (χ1v) is 7.37. The Balaban J connectivity index is 2.73. The second-order valence-corrected chi connectivity index (χ2v) is 6.16. The molecule has 0 saturated carbocycles. The third kappa shape index (κ3) is 3.00. The zero-order valence-electron chi connectivity index (χ0n) is 12.9. The summed E-state index contributed by atoms with van der Waals surface area (Å²) in [5.74, 6) is 0. The Morgan fingerprint density at radius 3 is 1.17 bits per heavy atom. The topological polar surface area (TPSA) is 0 Å². The smallest absolute Gasteiger partial charge is 0.169 e. The van der Waals surface area contributed by atoms with Crippen molar-refractivity contribution in [1.82, 2.24) is 0 Å². The van der Waals surface area contributed by atoms with E-state index in [1.54, 1.807) is 13.8 Å². The Hall–Kier alpha value is -1.46. The van der Waals surface area contributed by atoms with E-state index in [9.17, 15) is 26.3 Å². The van der Waals surface area contributed by atoms with Crippen LogP contribution in [0.4, 0.5) is 26.3 Å². The summed E-state index contributed by atoms with van der Waals surface area (Å²) in [5.41, 5.74) is -3.54. The van der Waals surface area contributed by atoms with Crippen molar-refractivity contribution in [3.63, 3.8) is 0 Å². The molecule has 0 spiro atoms. The molecule has 0 aromatic heterocycles. The van der Waals surface area contributed by atoms with Crippen LogP contribution >= 0.6 is 0 Å². The predicted octanol–water partition coefficient (Wildman–Crippen LogP) is 6.43. The highest BCUT2D eigenvalue weighted by Crippen LogP contribution is 2.62. The summed E-state index contributed by atoms with van der Waals surface area (Å²) < 4.78 is 82.7. The van der Waals surface area contributed by atoms with Crippen LogP contribution in [0.3, 0.4) is 0 Å². The van der Waals surface area contributed by atoms with Crippen LogP contribution in [0.5, 0.6) is 0 Å². The summed E-state index contributed by atoms with van der Waals surface area (Å²) in [5, 5.41) is 0. The van der Waals surface area contributed by atoms with E-state index in [2.05, 4.69) is 0 Å². The summed E-state index contributed by atoms with van der Waals surface area (Å²) in [7, 11) is 0. The summed E-state index contributed by atoms with van der Waals surface area (Å²) >= 11 is 0. The highest BCUT2D eigenvalue weighted by Gasteiger charge is 2.73. The lowest BCUT2D eigenvalue weighted by Crippen LogP contribution is -2.53. The molecule has 128 valence electrons. The van der Waals surface area contributed by atoms with Gasteiger partial charge in [0, 0.05) is 0 Å². The van der Waals surface area contributed by atoms with Crippen LogP contribution < -0.4 is 0 Å². The van der Waals surface area contributed by atoms with E-state index < -0.39 is 28.9 Å². The van der Waals surface area contributed by atoms with Crippen molar-refractivity contribution in [3.05, 3.63) is 46.6 Å². The molecule has 2 aliphatic rings. The second kappa shape index (κ2) is 5.87. The molecule has 0 amide bonds. The summed E-state index contributed by atoms with van der Waals surface area (Å²) in [6, 6.07) is 0. The fourth-order valence-electron chi connectivity index (χ4n) is 3.20. The highest BCUT2D eigenvalue weighted by atomic mass is 19.4. The number of hydrogen-bond acceptors (Lipinski definition) is 0. The van der Waals surface area contributed by atoms with Crippen LogP contribution in [-0.4, -0.2) is 12.4 Å². The van der Waals surface area contributed by atoms with Crippen molar-refractivity contribution in [1.29, 1.82) is 0 Å². The minimum Gasteiger partial charge on any atom is -0.169 e. The van der Waals surface area contributed by atoms with Gasteiger partial charge in [-0.3, -0.25) is 0 Å². The SMILES string of the molecule is CC1=CC=C(C(C2=CC=C(C)CC2)(C(F)(F)F)C(F)(F)F)CC1. The number of allylic oxidation sites excluding steroid dienone is 8. The van der Waals surface area contributed by atoms with E-state index in [0.717, 1.165) is 23.3 Å². The van der Waals surface area contributed by atoms with Gasteiger partial charge in [-0.1, -0.05) is 35.5 Å². The van der Waals surface area contributed by atoms with Gasteiger partial charge >= 0.3 is 12.4 Å². The highest BCUT2D eigenvalue weighted by molar-refractivity contribution is 5.43. The maximum atomic E-state index is 13.8. The Bertz CT molecular complexity index is 542. The Morgan fingerprint density at radius 2 is 0.957 bits per heavy atom. The van der Waals surface area contributed by atoms with E-state index in [-0.39, 0.29) is 25.7 Å². The molecule has 0 nitrogen and oxygen atoms in total. The largest absolute Gasteiger partial charge is 0.410 e. The average molecular weight is 336 g/mol. The van der Waals surface area contributed by atoms with Crippen LogP contribution in [-0.2, 0) is 0 Å². The van der Waals surface area contributed by atoms with Crippen molar-refractivity contribution in [2.24, 2.45) is 5.41 Å². The molecule has 0 aromatic carbocycles. The van der Waals surface area contributed by atoms with Gasteiger partial charge in [-0.25, -0.2) is 0 Å². The summed E-state index contributed by atoms with van der Waals surface area (Å²) in [6.45, 7) is 3.39. The maximum Gasteiger partial charge on any atom is 0.410 e. The normalized spacial score (nSPS) is 20.5.